The molecule has 0 saturated carbocycles. The Bertz CT molecular complexity index is 1460. The van der Waals surface area contributed by atoms with Crippen molar-refractivity contribution in [1.29, 1.82) is 0 Å². The van der Waals surface area contributed by atoms with Crippen molar-refractivity contribution in [3.63, 3.8) is 0 Å². The maximum absolute atomic E-state index is 10.2. The third-order valence-corrected chi connectivity index (χ3v) is 6.79. The lowest BCUT2D eigenvalue weighted by Gasteiger charge is -2.26. The molecule has 2 atom stereocenters. The summed E-state index contributed by atoms with van der Waals surface area (Å²) in [4.78, 5) is 7.08. The number of likely N-dealkylation sites (N-methyl/N-ethyl adjacent to an activating group) is 1. The number of rotatable bonds is 5. The van der Waals surface area contributed by atoms with E-state index in [1.54, 1.807) is 11.6 Å². The average molecular weight is 521 g/mol. The van der Waals surface area contributed by atoms with Gasteiger partial charge in [-0.25, -0.2) is 9.67 Å². The van der Waals surface area contributed by atoms with Crippen LogP contribution in [0.5, 0.6) is 11.8 Å². The molecule has 202 valence electrons. The second kappa shape index (κ2) is 10.6. The van der Waals surface area contributed by atoms with Crippen molar-refractivity contribution in [1.82, 2.24) is 39.6 Å². The minimum atomic E-state index is -0.557. The zero-order valence-corrected chi connectivity index (χ0v) is 22.9. The first-order valence-corrected chi connectivity index (χ1v) is 13.1. The molecule has 0 aliphatic carbocycles. The molecule has 0 spiro atoms. The molecule has 4 aromatic rings. The first kappa shape index (κ1) is 25.9. The molecular weight excluding hydrogens is 484 g/mol. The summed E-state index contributed by atoms with van der Waals surface area (Å²) < 4.78 is 16.1. The van der Waals surface area contributed by atoms with E-state index in [0.717, 1.165) is 45.7 Å². The minimum absolute atomic E-state index is 0.116. The SMILES string of the molecule is CCOc1nn(C[C@H](C)O)c2c1/C=C/c1[nH]nc3nc(C)c(cc13)-c1cnn(C)c1O[C@@H](C)CN(CC)C2. The molecule has 1 aliphatic rings. The van der Waals surface area contributed by atoms with Crippen molar-refractivity contribution in [3.8, 4) is 22.9 Å². The van der Waals surface area contributed by atoms with Crippen molar-refractivity contribution in [2.24, 2.45) is 7.05 Å². The molecule has 1 aliphatic heterocycles. The average Bonchev–Trinajstić information content (AvgIpc) is 3.52. The van der Waals surface area contributed by atoms with Gasteiger partial charge in [-0.1, -0.05) is 6.92 Å². The summed E-state index contributed by atoms with van der Waals surface area (Å²) in [5.74, 6) is 1.24. The fraction of sp³-hybridized carbons (Fsp3) is 0.481. The molecule has 0 unspecified atom stereocenters. The van der Waals surface area contributed by atoms with Gasteiger partial charge in [-0.15, -0.1) is 5.10 Å². The lowest BCUT2D eigenvalue weighted by Crippen LogP contribution is -2.35. The fourth-order valence-electron chi connectivity index (χ4n) is 4.94. The molecule has 0 amide bonds. The van der Waals surface area contributed by atoms with E-state index in [1.165, 1.54) is 0 Å². The fourth-order valence-corrected chi connectivity index (χ4v) is 4.94. The number of nitrogens with one attached hydrogen (secondary N) is 1. The molecule has 0 aromatic carbocycles. The van der Waals surface area contributed by atoms with E-state index >= 15 is 0 Å². The van der Waals surface area contributed by atoms with Gasteiger partial charge in [0.1, 0.15) is 6.10 Å². The van der Waals surface area contributed by atoms with Crippen LogP contribution in [0.15, 0.2) is 12.3 Å². The smallest absolute Gasteiger partial charge is 0.240 e. The highest BCUT2D eigenvalue weighted by atomic mass is 16.5. The molecule has 5 rings (SSSR count). The van der Waals surface area contributed by atoms with E-state index < -0.39 is 6.10 Å². The second-order valence-electron chi connectivity index (χ2n) is 9.84. The molecule has 2 bridgehead atoms. The van der Waals surface area contributed by atoms with Crippen LogP contribution in [-0.2, 0) is 20.1 Å². The molecular formula is C27H36N8O3. The Balaban J connectivity index is 1.72. The minimum Gasteiger partial charge on any atom is -0.476 e. The van der Waals surface area contributed by atoms with Crippen LogP contribution in [0, 0.1) is 6.92 Å². The zero-order valence-electron chi connectivity index (χ0n) is 22.9. The van der Waals surface area contributed by atoms with Gasteiger partial charge < -0.3 is 14.6 Å². The Morgan fingerprint density at radius 1 is 1.26 bits per heavy atom. The molecule has 0 radical (unpaired) electrons. The lowest BCUT2D eigenvalue weighted by atomic mass is 10.1. The van der Waals surface area contributed by atoms with Gasteiger partial charge in [-0.05, 0) is 52.5 Å². The highest BCUT2D eigenvalue weighted by molar-refractivity contribution is 5.91. The molecule has 4 aromatic heterocycles. The summed E-state index contributed by atoms with van der Waals surface area (Å²) in [6, 6.07) is 2.09. The molecule has 11 nitrogen and oxygen atoms in total. The van der Waals surface area contributed by atoms with Gasteiger partial charge >= 0.3 is 0 Å². The standard InChI is InChI=1S/C27H36N8O3/c1-7-34-14-17(4)38-27-22(12-28-33(27)6)20-11-21-23(30-31-25(21)29-18(20)5)10-9-19-24(15-34)35(13-16(3)36)32-26(19)37-8-2/h9-12,16-17,36H,7-8,13-15H2,1-6H3,(H,29,30,31)/b10-9+/t16-,17-/m0/s1. The normalized spacial score (nSPS) is 17.9. The van der Waals surface area contributed by atoms with Crippen LogP contribution in [0.25, 0.3) is 34.3 Å². The van der Waals surface area contributed by atoms with Crippen molar-refractivity contribution >= 4 is 23.2 Å². The Morgan fingerprint density at radius 2 is 2.08 bits per heavy atom. The Hall–Kier alpha value is -3.70. The second-order valence-corrected chi connectivity index (χ2v) is 9.84. The summed E-state index contributed by atoms with van der Waals surface area (Å²) in [7, 11) is 1.89. The number of hydrogen-bond donors (Lipinski definition) is 2. The van der Waals surface area contributed by atoms with Gasteiger partial charge in [0.2, 0.25) is 11.8 Å². The van der Waals surface area contributed by atoms with Crippen LogP contribution in [-0.4, -0.2) is 76.7 Å². The summed E-state index contributed by atoms with van der Waals surface area (Å²) in [5.41, 5.74) is 6.01. The number of fused-ring (bicyclic) bond motifs is 4. The summed E-state index contributed by atoms with van der Waals surface area (Å²) in [6.07, 6.45) is 5.16. The monoisotopic (exact) mass is 520 g/mol. The Morgan fingerprint density at radius 3 is 2.82 bits per heavy atom. The number of aromatic nitrogens is 7. The van der Waals surface area contributed by atoms with Gasteiger partial charge in [0.15, 0.2) is 5.65 Å². The lowest BCUT2D eigenvalue weighted by molar-refractivity contribution is 0.131. The number of aromatic amines is 1. The first-order chi connectivity index (χ1) is 18.3. The van der Waals surface area contributed by atoms with Crippen LogP contribution >= 0.6 is 0 Å². The largest absolute Gasteiger partial charge is 0.476 e. The number of nitrogens with zero attached hydrogens (tertiary/aromatic N) is 7. The zero-order chi connectivity index (χ0) is 27.0. The third-order valence-electron chi connectivity index (χ3n) is 6.79. The van der Waals surface area contributed by atoms with Crippen LogP contribution in [0.1, 0.15) is 50.3 Å². The molecule has 38 heavy (non-hydrogen) atoms. The van der Waals surface area contributed by atoms with E-state index in [4.69, 9.17) is 19.6 Å². The van der Waals surface area contributed by atoms with Gasteiger partial charge in [-0.2, -0.15) is 10.2 Å². The van der Waals surface area contributed by atoms with Crippen LogP contribution in [0.3, 0.4) is 0 Å². The highest BCUT2D eigenvalue weighted by Gasteiger charge is 2.24. The molecule has 5 heterocycles. The van der Waals surface area contributed by atoms with Crippen molar-refractivity contribution < 1.29 is 14.6 Å². The first-order valence-electron chi connectivity index (χ1n) is 13.1. The summed E-state index contributed by atoms with van der Waals surface area (Å²) in [6.45, 7) is 12.8. The van der Waals surface area contributed by atoms with E-state index in [9.17, 15) is 5.11 Å². The molecule has 2 N–H and O–H groups in total. The third kappa shape index (κ3) is 4.91. The van der Waals surface area contributed by atoms with E-state index in [1.807, 2.05) is 43.9 Å². The van der Waals surface area contributed by atoms with E-state index in [2.05, 4.69) is 40.1 Å². The van der Waals surface area contributed by atoms with Crippen molar-refractivity contribution in [3.05, 3.63) is 34.9 Å². The number of pyridine rings is 1. The summed E-state index contributed by atoms with van der Waals surface area (Å²) in [5, 5.41) is 27.9. The predicted octanol–water partition coefficient (Wildman–Crippen LogP) is 3.42. The Labute approximate surface area is 222 Å². The molecule has 0 saturated heterocycles. The van der Waals surface area contributed by atoms with Crippen molar-refractivity contribution in [2.45, 2.75) is 59.9 Å². The van der Waals surface area contributed by atoms with E-state index in [0.29, 0.717) is 43.6 Å². The molecule has 0 fully saturated rings. The van der Waals surface area contributed by atoms with Crippen LogP contribution < -0.4 is 9.47 Å². The number of ether oxygens (including phenoxy) is 2. The van der Waals surface area contributed by atoms with Gasteiger partial charge in [0.05, 0.1) is 48.0 Å². The quantitative estimate of drug-likeness (QED) is 0.411. The maximum Gasteiger partial charge on any atom is 0.240 e. The topological polar surface area (TPSA) is 119 Å². The predicted molar refractivity (Wildman–Crippen MR) is 146 cm³/mol. The van der Waals surface area contributed by atoms with Gasteiger partial charge in [0.25, 0.3) is 0 Å². The maximum atomic E-state index is 10.2. The van der Waals surface area contributed by atoms with Crippen LogP contribution in [0.4, 0.5) is 0 Å². The summed E-state index contributed by atoms with van der Waals surface area (Å²) >= 11 is 0. The number of hydrogen-bond acceptors (Lipinski definition) is 8. The number of H-pyrrole nitrogens is 1. The van der Waals surface area contributed by atoms with E-state index in [-0.39, 0.29) is 6.10 Å². The van der Waals surface area contributed by atoms with Gasteiger partial charge in [0, 0.05) is 36.8 Å². The van der Waals surface area contributed by atoms with Gasteiger partial charge in [-0.3, -0.25) is 14.7 Å². The highest BCUT2D eigenvalue weighted by Crippen LogP contribution is 2.35. The number of aryl methyl sites for hydroxylation is 2. The molecule has 11 heteroatoms. The Kier molecular flexibility index (Phi) is 7.22. The number of aliphatic hydroxyl groups is 1. The number of aliphatic hydroxyl groups excluding tert-OH is 1. The van der Waals surface area contributed by atoms with Crippen LogP contribution in [0.2, 0.25) is 0 Å². The van der Waals surface area contributed by atoms with Crippen molar-refractivity contribution in [2.75, 3.05) is 19.7 Å².